The molecule has 1 saturated carbocycles. The average Bonchev–Trinajstić information content (AvgIpc) is 2.89. The van der Waals surface area contributed by atoms with Crippen LogP contribution in [-0.4, -0.2) is 23.5 Å². The maximum atomic E-state index is 11.9. The molecule has 4 nitrogen and oxygen atoms in total. The van der Waals surface area contributed by atoms with Gasteiger partial charge in [0.1, 0.15) is 10.4 Å². The summed E-state index contributed by atoms with van der Waals surface area (Å²) in [6.07, 6.45) is 1.19. The second kappa shape index (κ2) is 3.82. The van der Waals surface area contributed by atoms with Gasteiger partial charge in [0.15, 0.2) is 0 Å². The van der Waals surface area contributed by atoms with Gasteiger partial charge in [-0.2, -0.15) is 0 Å². The molecule has 3 rings (SSSR count). The van der Waals surface area contributed by atoms with E-state index in [0.29, 0.717) is 11.7 Å². The minimum absolute atomic E-state index is 0.0224. The Kier molecular flexibility index (Phi) is 2.44. The largest absolute Gasteiger partial charge is 0.309 e. The van der Waals surface area contributed by atoms with Crippen molar-refractivity contribution in [2.75, 3.05) is 11.9 Å². The van der Waals surface area contributed by atoms with Crippen molar-refractivity contribution in [1.29, 1.82) is 0 Å². The third-order valence-electron chi connectivity index (χ3n) is 3.25. The van der Waals surface area contributed by atoms with Crippen LogP contribution in [0.2, 0.25) is 0 Å². The Bertz CT molecular complexity index is 437. The first-order valence-electron chi connectivity index (χ1n) is 5.41. The second-order valence-electron chi connectivity index (χ2n) is 4.38. The van der Waals surface area contributed by atoms with Gasteiger partial charge in [-0.15, -0.1) is 0 Å². The van der Waals surface area contributed by atoms with E-state index in [0.717, 1.165) is 17.1 Å². The number of halogens is 1. The molecule has 2 fully saturated rings. The summed E-state index contributed by atoms with van der Waals surface area (Å²) >= 11 is 3.28. The molecular weight excluding hydrogens is 270 g/mol. The molecule has 3 atom stereocenters. The number of hydrogen-bond acceptors (Lipinski definition) is 3. The van der Waals surface area contributed by atoms with Crippen LogP contribution in [0.15, 0.2) is 22.8 Å². The molecule has 84 valence electrons. The van der Waals surface area contributed by atoms with E-state index in [9.17, 15) is 4.79 Å². The van der Waals surface area contributed by atoms with Crippen LogP contribution in [0.25, 0.3) is 0 Å². The van der Waals surface area contributed by atoms with E-state index in [2.05, 4.69) is 31.5 Å². The lowest BCUT2D eigenvalue weighted by Crippen LogP contribution is -2.39. The van der Waals surface area contributed by atoms with Crippen LogP contribution >= 0.6 is 15.9 Å². The highest BCUT2D eigenvalue weighted by atomic mass is 79.9. The highest BCUT2D eigenvalue weighted by Crippen LogP contribution is 2.45. The van der Waals surface area contributed by atoms with Gasteiger partial charge in [0.05, 0.1) is 6.04 Å². The van der Waals surface area contributed by atoms with Crippen molar-refractivity contribution in [2.24, 2.45) is 11.8 Å². The van der Waals surface area contributed by atoms with Gasteiger partial charge in [-0.1, -0.05) is 6.07 Å². The van der Waals surface area contributed by atoms with E-state index in [4.69, 9.17) is 0 Å². The van der Waals surface area contributed by atoms with Crippen molar-refractivity contribution in [3.8, 4) is 0 Å². The van der Waals surface area contributed by atoms with E-state index < -0.39 is 0 Å². The van der Waals surface area contributed by atoms with Crippen molar-refractivity contribution >= 4 is 27.7 Å². The van der Waals surface area contributed by atoms with E-state index in [1.165, 1.54) is 6.42 Å². The quantitative estimate of drug-likeness (QED) is 0.806. The molecule has 2 heterocycles. The summed E-state index contributed by atoms with van der Waals surface area (Å²) in [7, 11) is 0. The number of fused-ring (bicyclic) bond motifs is 1. The molecule has 5 heteroatoms. The van der Waals surface area contributed by atoms with Gasteiger partial charge in [0.25, 0.3) is 0 Å². The van der Waals surface area contributed by atoms with Gasteiger partial charge in [-0.3, -0.25) is 4.79 Å². The standard InChI is InChI=1S/C11H12BrN3O/c12-8-2-1-3-9(14-8)15-11(16)10-7-4-6(7)5-13-10/h1-3,6-7,10,13H,4-5H2,(H,14,15,16)/t6-,7-,10+/m1/s1. The molecule has 0 radical (unpaired) electrons. The second-order valence-corrected chi connectivity index (χ2v) is 5.19. The molecule has 1 aromatic heterocycles. The zero-order chi connectivity index (χ0) is 11.1. The van der Waals surface area contributed by atoms with Crippen molar-refractivity contribution in [2.45, 2.75) is 12.5 Å². The van der Waals surface area contributed by atoms with Crippen LogP contribution in [0.1, 0.15) is 6.42 Å². The van der Waals surface area contributed by atoms with Crippen LogP contribution in [0.4, 0.5) is 5.82 Å². The number of nitrogens with zero attached hydrogens (tertiary/aromatic N) is 1. The van der Waals surface area contributed by atoms with Crippen LogP contribution in [0.5, 0.6) is 0 Å². The van der Waals surface area contributed by atoms with Gasteiger partial charge in [-0.05, 0) is 52.9 Å². The molecule has 1 aromatic rings. The van der Waals surface area contributed by atoms with Gasteiger partial charge in [0, 0.05) is 0 Å². The maximum absolute atomic E-state index is 11.9. The topological polar surface area (TPSA) is 54.0 Å². The number of carbonyl (C=O) groups is 1. The number of amides is 1. The molecule has 1 aliphatic carbocycles. The summed E-state index contributed by atoms with van der Waals surface area (Å²) in [5.74, 6) is 1.92. The predicted molar refractivity (Wildman–Crippen MR) is 64.0 cm³/mol. The maximum Gasteiger partial charge on any atom is 0.242 e. The first-order valence-corrected chi connectivity index (χ1v) is 6.20. The Labute approximate surface area is 102 Å². The lowest BCUT2D eigenvalue weighted by atomic mass is 10.2. The molecule has 1 amide bonds. The van der Waals surface area contributed by atoms with Gasteiger partial charge >= 0.3 is 0 Å². The summed E-state index contributed by atoms with van der Waals surface area (Å²) in [4.78, 5) is 16.1. The van der Waals surface area contributed by atoms with Crippen LogP contribution in [0.3, 0.4) is 0 Å². The molecule has 0 unspecified atom stereocenters. The molecule has 0 bridgehead atoms. The van der Waals surface area contributed by atoms with E-state index in [1.807, 2.05) is 12.1 Å². The zero-order valence-electron chi connectivity index (χ0n) is 8.61. The summed E-state index contributed by atoms with van der Waals surface area (Å²) in [6.45, 7) is 0.981. The summed E-state index contributed by atoms with van der Waals surface area (Å²) in [5, 5.41) is 6.08. The third kappa shape index (κ3) is 1.85. The Balaban J connectivity index is 1.68. The van der Waals surface area contributed by atoms with E-state index in [1.54, 1.807) is 6.07 Å². The number of nitrogens with one attached hydrogen (secondary N) is 2. The number of aromatic nitrogens is 1. The molecule has 1 aliphatic heterocycles. The number of anilines is 1. The molecule has 16 heavy (non-hydrogen) atoms. The molecule has 2 aliphatic rings. The number of pyridine rings is 1. The summed E-state index contributed by atoms with van der Waals surface area (Å²) in [6, 6.07) is 5.46. The normalized spacial score (nSPS) is 30.9. The molecule has 2 N–H and O–H groups in total. The Morgan fingerprint density at radius 1 is 1.56 bits per heavy atom. The van der Waals surface area contributed by atoms with E-state index >= 15 is 0 Å². The lowest BCUT2D eigenvalue weighted by Gasteiger charge is -2.12. The Hall–Kier alpha value is -0.940. The fraction of sp³-hybridized carbons (Fsp3) is 0.455. The summed E-state index contributed by atoms with van der Waals surface area (Å²) in [5.41, 5.74) is 0. The predicted octanol–water partition coefficient (Wildman–Crippen LogP) is 1.39. The number of piperidine rings is 1. The minimum Gasteiger partial charge on any atom is -0.309 e. The highest BCUT2D eigenvalue weighted by molar-refractivity contribution is 9.10. The average molecular weight is 282 g/mol. The van der Waals surface area contributed by atoms with Gasteiger partial charge in [-0.25, -0.2) is 4.98 Å². The molecule has 0 aromatic carbocycles. The number of hydrogen-bond donors (Lipinski definition) is 2. The fourth-order valence-corrected chi connectivity index (χ4v) is 2.66. The van der Waals surface area contributed by atoms with Crippen molar-refractivity contribution in [1.82, 2.24) is 10.3 Å². The lowest BCUT2D eigenvalue weighted by molar-refractivity contribution is -0.118. The number of rotatable bonds is 2. The van der Waals surface area contributed by atoms with Crippen LogP contribution < -0.4 is 10.6 Å². The van der Waals surface area contributed by atoms with Crippen LogP contribution in [0, 0.1) is 11.8 Å². The van der Waals surface area contributed by atoms with Crippen LogP contribution in [-0.2, 0) is 4.79 Å². The van der Waals surface area contributed by atoms with Crippen molar-refractivity contribution in [3.63, 3.8) is 0 Å². The Morgan fingerprint density at radius 3 is 3.06 bits per heavy atom. The van der Waals surface area contributed by atoms with Crippen molar-refractivity contribution in [3.05, 3.63) is 22.8 Å². The van der Waals surface area contributed by atoms with Gasteiger partial charge < -0.3 is 10.6 Å². The third-order valence-corrected chi connectivity index (χ3v) is 3.70. The minimum atomic E-state index is -0.0224. The van der Waals surface area contributed by atoms with Crippen molar-refractivity contribution < 1.29 is 4.79 Å². The monoisotopic (exact) mass is 281 g/mol. The first kappa shape index (κ1) is 10.2. The summed E-state index contributed by atoms with van der Waals surface area (Å²) < 4.78 is 0.731. The highest BCUT2D eigenvalue weighted by Gasteiger charge is 2.50. The van der Waals surface area contributed by atoms with Gasteiger partial charge in [0.2, 0.25) is 5.91 Å². The SMILES string of the molecule is O=C(Nc1cccc(Br)n1)[C@H]1NC[C@H]2C[C@H]21. The van der Waals surface area contributed by atoms with E-state index in [-0.39, 0.29) is 11.9 Å². The molecule has 0 spiro atoms. The first-order chi connectivity index (χ1) is 7.74. The zero-order valence-corrected chi connectivity index (χ0v) is 10.2. The smallest absolute Gasteiger partial charge is 0.242 e. The Morgan fingerprint density at radius 2 is 2.44 bits per heavy atom. The number of carbonyl (C=O) groups excluding carboxylic acids is 1. The molecular formula is C11H12BrN3O. The molecule has 1 saturated heterocycles. The fourth-order valence-electron chi connectivity index (χ4n) is 2.31.